The highest BCUT2D eigenvalue weighted by Gasteiger charge is 2.75. The average molecular weight is 562 g/mol. The van der Waals surface area contributed by atoms with Crippen LogP contribution in [0.1, 0.15) is 39.7 Å². The molecule has 2 N–H and O–H groups in total. The van der Waals surface area contributed by atoms with E-state index >= 15 is 0 Å². The number of aromatic carboxylic acids is 1. The molecule has 214 valence electrons. The summed E-state index contributed by atoms with van der Waals surface area (Å²) in [7, 11) is 4.24. The normalized spacial score (nSPS) is 28.0. The molecule has 0 aliphatic carbocycles. The summed E-state index contributed by atoms with van der Waals surface area (Å²) in [6.07, 6.45) is 1.59. The number of aromatic nitrogens is 3. The minimum Gasteiger partial charge on any atom is -0.477 e. The van der Waals surface area contributed by atoms with Gasteiger partial charge in [-0.25, -0.2) is 9.78 Å². The molecule has 2 aliphatic heterocycles. The van der Waals surface area contributed by atoms with E-state index in [2.05, 4.69) is 15.0 Å². The zero-order valence-electron chi connectivity index (χ0n) is 22.9. The minimum atomic E-state index is -1.71. The Morgan fingerprint density at radius 3 is 1.85 bits per heavy atom. The number of esters is 2. The molecule has 4 unspecified atom stereocenters. The second-order valence-corrected chi connectivity index (χ2v) is 10.4. The molecule has 3 aromatic heterocycles. The second-order valence-electron chi connectivity index (χ2n) is 10.4. The standard InChI is InChI=1S/C29H31N5O7/c1-33-16-28(26(38)40-2)22(19-10-4-6-13-30-19)34(15-18-9-8-12-21(32-18)24(35)36)23(20-11-5-7-14-31-20)29(17-33,25(28)37)27(39)41-3/h4-14,22-23,25,37H,15-17H2,1-3H3,(H,35,36). The number of aliphatic hydroxyl groups is 1. The lowest BCUT2D eigenvalue weighted by molar-refractivity contribution is -0.252. The summed E-state index contributed by atoms with van der Waals surface area (Å²) >= 11 is 0. The van der Waals surface area contributed by atoms with Gasteiger partial charge in [0.15, 0.2) is 0 Å². The highest BCUT2D eigenvalue weighted by Crippen LogP contribution is 2.63. The van der Waals surface area contributed by atoms with Gasteiger partial charge in [-0.05, 0) is 43.4 Å². The lowest BCUT2D eigenvalue weighted by Crippen LogP contribution is -2.77. The van der Waals surface area contributed by atoms with Gasteiger partial charge in [-0.15, -0.1) is 0 Å². The molecule has 0 spiro atoms. The molecule has 2 saturated heterocycles. The summed E-state index contributed by atoms with van der Waals surface area (Å²) < 4.78 is 10.7. The van der Waals surface area contributed by atoms with Crippen LogP contribution in [0.2, 0.25) is 0 Å². The highest BCUT2D eigenvalue weighted by atomic mass is 16.5. The van der Waals surface area contributed by atoms with Crippen molar-refractivity contribution in [3.8, 4) is 0 Å². The van der Waals surface area contributed by atoms with Crippen LogP contribution in [-0.2, 0) is 25.6 Å². The average Bonchev–Trinajstić information content (AvgIpc) is 2.98. The molecule has 12 heteroatoms. The van der Waals surface area contributed by atoms with E-state index in [0.717, 1.165) is 0 Å². The monoisotopic (exact) mass is 561 g/mol. The van der Waals surface area contributed by atoms with Crippen LogP contribution in [0, 0.1) is 10.8 Å². The van der Waals surface area contributed by atoms with Crippen molar-refractivity contribution in [2.45, 2.75) is 24.7 Å². The van der Waals surface area contributed by atoms with E-state index < -0.39 is 46.9 Å². The van der Waals surface area contributed by atoms with Crippen LogP contribution in [-0.4, -0.2) is 93.3 Å². The van der Waals surface area contributed by atoms with Gasteiger partial charge in [0.05, 0.1) is 49.5 Å². The van der Waals surface area contributed by atoms with Crippen molar-refractivity contribution in [1.82, 2.24) is 24.8 Å². The summed E-state index contributed by atoms with van der Waals surface area (Å²) in [6, 6.07) is 13.2. The summed E-state index contributed by atoms with van der Waals surface area (Å²) in [4.78, 5) is 56.9. The fraction of sp³-hybridized carbons (Fsp3) is 0.379. The molecule has 2 fully saturated rings. The number of likely N-dealkylation sites (tertiary alicyclic amines) is 2. The Hall–Kier alpha value is -4.26. The highest BCUT2D eigenvalue weighted by molar-refractivity contribution is 5.86. The van der Waals surface area contributed by atoms with Crippen molar-refractivity contribution in [2.24, 2.45) is 10.8 Å². The summed E-state index contributed by atoms with van der Waals surface area (Å²) in [5, 5.41) is 22.0. The molecule has 5 heterocycles. The van der Waals surface area contributed by atoms with E-state index in [9.17, 15) is 24.6 Å². The Balaban J connectivity index is 1.86. The number of aliphatic hydroxyl groups excluding tert-OH is 1. The fourth-order valence-electron chi connectivity index (χ4n) is 6.75. The zero-order chi connectivity index (χ0) is 29.4. The third kappa shape index (κ3) is 4.44. The van der Waals surface area contributed by atoms with Crippen molar-refractivity contribution in [3.05, 3.63) is 89.8 Å². The lowest BCUT2D eigenvalue weighted by Gasteiger charge is -2.64. The molecule has 0 radical (unpaired) electrons. The van der Waals surface area contributed by atoms with Crippen LogP contribution >= 0.6 is 0 Å². The fourth-order valence-corrected chi connectivity index (χ4v) is 6.75. The van der Waals surface area contributed by atoms with Gasteiger partial charge in [0.25, 0.3) is 0 Å². The zero-order valence-corrected chi connectivity index (χ0v) is 22.9. The second kappa shape index (κ2) is 11.0. The molecular formula is C29H31N5O7. The number of rotatable bonds is 7. The van der Waals surface area contributed by atoms with Crippen LogP contribution in [0.5, 0.6) is 0 Å². The first kappa shape index (κ1) is 28.3. The van der Waals surface area contributed by atoms with Gasteiger partial charge in [-0.2, -0.15) is 0 Å². The SMILES string of the molecule is COC(=O)C12CN(C)CC(C(=O)OC)(C(c3ccccn3)N(Cc3cccc(C(=O)O)n3)C1c1ccccn1)C2O. The number of piperidine rings is 2. The molecule has 3 aromatic rings. The third-order valence-corrected chi connectivity index (χ3v) is 8.12. The number of hydrogen-bond acceptors (Lipinski definition) is 11. The lowest BCUT2D eigenvalue weighted by atomic mass is 9.53. The first-order valence-electron chi connectivity index (χ1n) is 13.0. The van der Waals surface area contributed by atoms with Gasteiger partial charge in [0.1, 0.15) is 16.5 Å². The smallest absolute Gasteiger partial charge is 0.354 e. The summed E-state index contributed by atoms with van der Waals surface area (Å²) in [6.45, 7) is 0.0568. The van der Waals surface area contributed by atoms with E-state index in [1.807, 2.05) is 9.80 Å². The first-order chi connectivity index (χ1) is 19.7. The number of carbonyl (C=O) groups is 3. The van der Waals surface area contributed by atoms with Crippen LogP contribution in [0.3, 0.4) is 0 Å². The van der Waals surface area contributed by atoms with Gasteiger partial charge < -0.3 is 24.6 Å². The van der Waals surface area contributed by atoms with E-state index in [-0.39, 0.29) is 25.3 Å². The number of ether oxygens (including phenoxy) is 2. The van der Waals surface area contributed by atoms with Crippen molar-refractivity contribution in [3.63, 3.8) is 0 Å². The molecule has 0 saturated carbocycles. The minimum absolute atomic E-state index is 0.0163. The van der Waals surface area contributed by atoms with Gasteiger partial charge in [-0.1, -0.05) is 18.2 Å². The maximum atomic E-state index is 14.0. The van der Waals surface area contributed by atoms with Crippen molar-refractivity contribution in [2.75, 3.05) is 34.4 Å². The van der Waals surface area contributed by atoms with Crippen LogP contribution < -0.4 is 0 Å². The molecule has 2 aliphatic rings. The van der Waals surface area contributed by atoms with Crippen LogP contribution in [0.4, 0.5) is 0 Å². The van der Waals surface area contributed by atoms with Gasteiger partial charge in [0.2, 0.25) is 0 Å². The maximum Gasteiger partial charge on any atom is 0.354 e. The van der Waals surface area contributed by atoms with Crippen LogP contribution in [0.15, 0.2) is 67.0 Å². The quantitative estimate of drug-likeness (QED) is 0.402. The van der Waals surface area contributed by atoms with E-state index in [0.29, 0.717) is 17.1 Å². The Morgan fingerprint density at radius 1 is 0.878 bits per heavy atom. The van der Waals surface area contributed by atoms with Crippen LogP contribution in [0.25, 0.3) is 0 Å². The number of nitrogens with zero attached hydrogens (tertiary/aromatic N) is 5. The summed E-state index contributed by atoms with van der Waals surface area (Å²) in [5.41, 5.74) is -2.31. The Bertz CT molecular complexity index is 1360. The maximum absolute atomic E-state index is 14.0. The predicted octanol–water partition coefficient (Wildman–Crippen LogP) is 1.49. The Morgan fingerprint density at radius 2 is 1.41 bits per heavy atom. The number of pyridine rings is 3. The van der Waals surface area contributed by atoms with Crippen molar-refractivity contribution >= 4 is 17.9 Å². The number of carbonyl (C=O) groups excluding carboxylic acids is 2. The third-order valence-electron chi connectivity index (χ3n) is 8.12. The van der Waals surface area contributed by atoms with E-state index in [1.165, 1.54) is 20.3 Å². The topological polar surface area (TPSA) is 155 Å². The molecular weight excluding hydrogens is 530 g/mol. The molecule has 41 heavy (non-hydrogen) atoms. The number of fused-ring (bicyclic) bond motifs is 2. The number of carboxylic acids is 1. The predicted molar refractivity (Wildman–Crippen MR) is 143 cm³/mol. The van der Waals surface area contributed by atoms with E-state index in [4.69, 9.17) is 9.47 Å². The number of carboxylic acid groups (broad SMARTS) is 1. The summed E-state index contributed by atoms with van der Waals surface area (Å²) in [5.74, 6) is -2.64. The van der Waals surface area contributed by atoms with Gasteiger partial charge in [-0.3, -0.25) is 24.5 Å². The molecule has 4 atom stereocenters. The molecule has 0 amide bonds. The number of hydrogen-bond donors (Lipinski definition) is 2. The van der Waals surface area contributed by atoms with Gasteiger partial charge in [0, 0.05) is 32.0 Å². The molecule has 0 aromatic carbocycles. The van der Waals surface area contributed by atoms with Crippen molar-refractivity contribution in [1.29, 1.82) is 0 Å². The molecule has 5 rings (SSSR count). The number of methoxy groups -OCH3 is 2. The molecule has 12 nitrogen and oxygen atoms in total. The Kier molecular flexibility index (Phi) is 7.56. The largest absolute Gasteiger partial charge is 0.477 e. The molecule has 2 bridgehead atoms. The van der Waals surface area contributed by atoms with E-state index in [1.54, 1.807) is 68.0 Å². The van der Waals surface area contributed by atoms with Gasteiger partial charge >= 0.3 is 17.9 Å². The Labute approximate surface area is 236 Å². The van der Waals surface area contributed by atoms with Crippen molar-refractivity contribution < 1.29 is 34.1 Å². The first-order valence-corrected chi connectivity index (χ1v) is 13.0.